The van der Waals surface area contributed by atoms with Crippen LogP contribution < -0.4 is 0 Å². The summed E-state index contributed by atoms with van der Waals surface area (Å²) in [5.74, 6) is -2.41. The fourth-order valence-corrected chi connectivity index (χ4v) is 7.56. The van der Waals surface area contributed by atoms with Gasteiger partial charge in [-0.1, -0.05) is 133 Å². The smallest absolute Gasteiger partial charge is 0.411 e. The van der Waals surface area contributed by atoms with Crippen molar-refractivity contribution in [3.8, 4) is 0 Å². The Balaban J connectivity index is 1.63. The van der Waals surface area contributed by atoms with E-state index in [1.807, 2.05) is 119 Å². The number of esters is 2. The predicted molar refractivity (Wildman–Crippen MR) is 230 cm³/mol. The van der Waals surface area contributed by atoms with Crippen LogP contribution in [0.2, 0.25) is 0 Å². The Labute approximate surface area is 356 Å². The molecule has 1 fully saturated rings. The first kappa shape index (κ1) is 44.3. The summed E-state index contributed by atoms with van der Waals surface area (Å²) < 4.78 is 26.6. The van der Waals surface area contributed by atoms with Crippen LogP contribution in [0.4, 0.5) is 10.6 Å². The highest BCUT2D eigenvalue weighted by molar-refractivity contribution is 5.88. The Morgan fingerprint density at radius 2 is 1.26 bits per heavy atom. The summed E-state index contributed by atoms with van der Waals surface area (Å²) in [6, 6.07) is 27.0. The van der Waals surface area contributed by atoms with Crippen molar-refractivity contribution in [2.24, 2.45) is 28.8 Å². The third kappa shape index (κ3) is 9.25. The van der Waals surface area contributed by atoms with Crippen molar-refractivity contribution >= 4 is 34.9 Å². The van der Waals surface area contributed by atoms with Gasteiger partial charge in [0.2, 0.25) is 0 Å². The zero-order valence-corrected chi connectivity index (χ0v) is 36.2. The number of benzene rings is 3. The molecule has 5 aromatic rings. The normalized spacial score (nSPS) is 19.0. The second-order valence-corrected chi connectivity index (χ2v) is 17.2. The Bertz CT molecular complexity index is 2240. The van der Waals surface area contributed by atoms with Crippen molar-refractivity contribution in [2.45, 2.75) is 97.8 Å². The fraction of sp³-hybridized carbons (Fsp3) is 0.426. The summed E-state index contributed by atoms with van der Waals surface area (Å²) in [7, 11) is 0. The highest BCUT2D eigenvalue weighted by atomic mass is 16.6. The van der Waals surface area contributed by atoms with Crippen molar-refractivity contribution in [1.29, 1.82) is 0 Å². The molecular weight excluding hydrogens is 775 g/mol. The number of H-pyrrole nitrogens is 1. The van der Waals surface area contributed by atoms with Crippen molar-refractivity contribution in [3.63, 3.8) is 0 Å². The monoisotopic (exact) mass is 829 g/mol. The molecule has 1 aliphatic heterocycles. The average molecular weight is 830 g/mol. The lowest BCUT2D eigenvalue weighted by Crippen LogP contribution is -2.49. The number of aromatic amines is 1. The van der Waals surface area contributed by atoms with E-state index in [2.05, 4.69) is 25.0 Å². The number of nitrogens with one attached hydrogen (secondary N) is 1. The van der Waals surface area contributed by atoms with Crippen LogP contribution in [-0.4, -0.2) is 68.3 Å². The molecule has 1 N–H and O–H groups in total. The third-order valence-corrected chi connectivity index (χ3v) is 11.5. The summed E-state index contributed by atoms with van der Waals surface area (Å²) >= 11 is 0. The van der Waals surface area contributed by atoms with Gasteiger partial charge in [-0.2, -0.15) is 0 Å². The molecule has 1 amide bonds. The number of rotatable bonds is 14. The number of aromatic nitrogens is 3. The minimum Gasteiger partial charge on any atom is -0.456 e. The molecular formula is C47H55N7O7. The van der Waals surface area contributed by atoms with E-state index in [1.165, 1.54) is 11.2 Å². The molecule has 0 radical (unpaired) electrons. The van der Waals surface area contributed by atoms with Gasteiger partial charge in [-0.25, -0.2) is 14.8 Å². The quantitative estimate of drug-likeness (QED) is 0.0284. The van der Waals surface area contributed by atoms with Gasteiger partial charge in [0.1, 0.15) is 29.6 Å². The van der Waals surface area contributed by atoms with E-state index in [9.17, 15) is 15.1 Å². The standard InChI is InChI=1S/C47H55N7O7/c1-28(2)30(5)43(55)59-40-36(26-58-47(32-19-13-10-14-20-32,33-21-15-11-16-22-33)34-23-17-12-18-24-34)54(45(57)61-46(7,8)9)39(41(40)60-44(56)31(6)29(3)4)35-25-49-38-37(35)50-27-51-42(38)52-53-48/h10-25,27-31,36,39-41,49H,26H2,1-9H3/t30-,31-,36+,39-,40+,41-/m0/s1. The molecule has 0 bridgehead atoms. The molecule has 0 aliphatic carbocycles. The molecule has 3 aromatic carbocycles. The fourth-order valence-electron chi connectivity index (χ4n) is 7.56. The predicted octanol–water partition coefficient (Wildman–Crippen LogP) is 9.98. The number of fused-ring (bicyclic) bond motifs is 1. The lowest BCUT2D eigenvalue weighted by molar-refractivity contribution is -0.174. The van der Waals surface area contributed by atoms with Crippen molar-refractivity contribution in [1.82, 2.24) is 19.9 Å². The van der Waals surface area contributed by atoms with Gasteiger partial charge in [0, 0.05) is 16.7 Å². The number of amides is 1. The highest BCUT2D eigenvalue weighted by Crippen LogP contribution is 2.47. The summed E-state index contributed by atoms with van der Waals surface area (Å²) in [6.45, 7) is 16.2. The Kier molecular flexibility index (Phi) is 13.5. The number of nitrogens with zero attached hydrogens (tertiary/aromatic N) is 6. The van der Waals surface area contributed by atoms with Gasteiger partial charge in [-0.3, -0.25) is 14.5 Å². The third-order valence-electron chi connectivity index (χ3n) is 11.5. The number of likely N-dealkylation sites (tertiary alicyclic amines) is 1. The van der Waals surface area contributed by atoms with Crippen LogP contribution in [0.3, 0.4) is 0 Å². The molecule has 0 spiro atoms. The molecule has 14 heteroatoms. The molecule has 6 rings (SSSR count). The maximum Gasteiger partial charge on any atom is 0.411 e. The lowest BCUT2D eigenvalue weighted by atomic mass is 9.80. The van der Waals surface area contributed by atoms with Gasteiger partial charge in [0.15, 0.2) is 18.0 Å². The topological polar surface area (TPSA) is 182 Å². The minimum atomic E-state index is -1.30. The van der Waals surface area contributed by atoms with Crippen LogP contribution in [0.15, 0.2) is 109 Å². The summed E-state index contributed by atoms with van der Waals surface area (Å²) in [5, 5.41) is 3.75. The first-order chi connectivity index (χ1) is 29.1. The zero-order valence-electron chi connectivity index (χ0n) is 36.2. The van der Waals surface area contributed by atoms with Gasteiger partial charge in [-0.15, -0.1) is 0 Å². The first-order valence-corrected chi connectivity index (χ1v) is 20.7. The Morgan fingerprint density at radius 1 is 0.770 bits per heavy atom. The average Bonchev–Trinajstić information content (AvgIpc) is 3.80. The van der Waals surface area contributed by atoms with E-state index in [0.29, 0.717) is 11.1 Å². The Hall–Kier alpha value is -6.24. The lowest BCUT2D eigenvalue weighted by Gasteiger charge is -2.39. The zero-order chi connectivity index (χ0) is 44.1. The van der Waals surface area contributed by atoms with E-state index in [0.717, 1.165) is 16.7 Å². The molecule has 61 heavy (non-hydrogen) atoms. The van der Waals surface area contributed by atoms with E-state index < -0.39 is 65.4 Å². The Morgan fingerprint density at radius 3 is 1.72 bits per heavy atom. The molecule has 0 saturated carbocycles. The van der Waals surface area contributed by atoms with Crippen LogP contribution in [0, 0.1) is 23.7 Å². The molecule has 2 aromatic heterocycles. The number of carbonyl (C=O) groups is 3. The number of carbonyl (C=O) groups excluding carboxylic acids is 3. The van der Waals surface area contributed by atoms with E-state index >= 15 is 4.79 Å². The maximum absolute atomic E-state index is 15.0. The van der Waals surface area contributed by atoms with E-state index in [4.69, 9.17) is 18.9 Å². The highest BCUT2D eigenvalue weighted by Gasteiger charge is 2.59. The van der Waals surface area contributed by atoms with Crippen molar-refractivity contribution in [3.05, 3.63) is 136 Å². The second-order valence-electron chi connectivity index (χ2n) is 17.2. The number of hydrogen-bond acceptors (Lipinski definition) is 10. The number of ether oxygens (including phenoxy) is 4. The molecule has 320 valence electrons. The minimum absolute atomic E-state index is 0.0227. The van der Waals surface area contributed by atoms with Gasteiger partial charge in [0.25, 0.3) is 0 Å². The molecule has 0 unspecified atom stereocenters. The number of azide groups is 1. The van der Waals surface area contributed by atoms with Crippen LogP contribution in [-0.2, 0) is 34.1 Å². The maximum atomic E-state index is 15.0. The largest absolute Gasteiger partial charge is 0.456 e. The van der Waals surface area contributed by atoms with Crippen molar-refractivity contribution < 1.29 is 33.3 Å². The van der Waals surface area contributed by atoms with Gasteiger partial charge < -0.3 is 23.9 Å². The van der Waals surface area contributed by atoms with Crippen LogP contribution >= 0.6 is 0 Å². The van der Waals surface area contributed by atoms with E-state index in [-0.39, 0.29) is 29.8 Å². The molecule has 1 saturated heterocycles. The SMILES string of the molecule is CC(C)[C@H](C)C(=O)O[C@@H]1[C@H](OC(=O)[C@@H](C)C(C)C)[C@@H](COC(c2ccccc2)(c2ccccc2)c2ccccc2)N(C(=O)OC(C)(C)C)[C@H]1c1c[nH]c2c(N=[N+]=[N-])ncnc12. The molecule has 3 heterocycles. The summed E-state index contributed by atoms with van der Waals surface area (Å²) in [6.07, 6.45) is -0.504. The van der Waals surface area contributed by atoms with E-state index in [1.54, 1.807) is 40.8 Å². The summed E-state index contributed by atoms with van der Waals surface area (Å²) in [5.41, 5.74) is 10.5. The number of hydrogen-bond donors (Lipinski definition) is 1. The van der Waals surface area contributed by atoms with Gasteiger partial charge in [0.05, 0.1) is 29.5 Å². The molecule has 1 aliphatic rings. The molecule has 6 atom stereocenters. The van der Waals surface area contributed by atoms with Crippen LogP contribution in [0.5, 0.6) is 0 Å². The summed E-state index contributed by atoms with van der Waals surface area (Å²) in [4.78, 5) is 59.7. The molecule has 14 nitrogen and oxygen atoms in total. The van der Waals surface area contributed by atoms with Gasteiger partial charge >= 0.3 is 18.0 Å². The first-order valence-electron chi connectivity index (χ1n) is 20.7. The van der Waals surface area contributed by atoms with Crippen LogP contribution in [0.25, 0.3) is 21.5 Å². The second kappa shape index (κ2) is 18.6. The van der Waals surface area contributed by atoms with Crippen LogP contribution in [0.1, 0.15) is 90.6 Å². The van der Waals surface area contributed by atoms with Gasteiger partial charge in [-0.05, 0) is 59.9 Å². The van der Waals surface area contributed by atoms with Crippen molar-refractivity contribution in [2.75, 3.05) is 6.61 Å².